The van der Waals surface area contributed by atoms with E-state index in [2.05, 4.69) is 5.32 Å². The fourth-order valence-corrected chi connectivity index (χ4v) is 1.61. The van der Waals surface area contributed by atoms with Gasteiger partial charge >= 0.3 is 0 Å². The average Bonchev–Trinajstić information content (AvgIpc) is 2.28. The number of rotatable bonds is 4. The molecule has 1 rings (SSSR count). The van der Waals surface area contributed by atoms with E-state index in [1.54, 1.807) is 12.1 Å². The number of aliphatic hydroxyl groups excluding tert-OH is 1. The zero-order valence-electron chi connectivity index (χ0n) is 9.71. The molecule has 0 spiro atoms. The molecule has 0 heterocycles. The first-order valence-corrected chi connectivity index (χ1v) is 6.08. The second kappa shape index (κ2) is 6.24. The van der Waals surface area contributed by atoms with Crippen molar-refractivity contribution in [3.8, 4) is 0 Å². The van der Waals surface area contributed by atoms with Gasteiger partial charge in [-0.05, 0) is 24.1 Å². The third kappa shape index (κ3) is 3.87. The number of amides is 1. The van der Waals surface area contributed by atoms with Crippen molar-refractivity contribution < 1.29 is 9.90 Å². The fraction of sp³-hybridized carbons (Fsp3) is 0.417. The van der Waals surface area contributed by atoms with Crippen LogP contribution >= 0.6 is 23.2 Å². The van der Waals surface area contributed by atoms with Gasteiger partial charge in [0.1, 0.15) is 0 Å². The minimum absolute atomic E-state index is 0.0925. The average molecular weight is 276 g/mol. The van der Waals surface area contributed by atoms with Crippen LogP contribution in [0.15, 0.2) is 18.2 Å². The number of hydrogen-bond acceptors (Lipinski definition) is 2. The van der Waals surface area contributed by atoms with Gasteiger partial charge in [0.15, 0.2) is 0 Å². The molecule has 1 aromatic rings. The Bertz CT molecular complexity index is 407. The number of carbonyl (C=O) groups excluding carboxylic acids is 1. The van der Waals surface area contributed by atoms with E-state index in [9.17, 15) is 4.79 Å². The molecule has 0 saturated heterocycles. The molecule has 0 fully saturated rings. The molecule has 2 N–H and O–H groups in total. The lowest BCUT2D eigenvalue weighted by atomic mass is 10.0. The summed E-state index contributed by atoms with van der Waals surface area (Å²) in [5.74, 6) is -0.108. The van der Waals surface area contributed by atoms with E-state index in [1.807, 2.05) is 13.8 Å². The quantitative estimate of drug-likeness (QED) is 0.888. The Morgan fingerprint density at radius 2 is 2.00 bits per heavy atom. The van der Waals surface area contributed by atoms with E-state index in [4.69, 9.17) is 28.3 Å². The van der Waals surface area contributed by atoms with Gasteiger partial charge in [-0.1, -0.05) is 37.0 Å². The molecule has 0 radical (unpaired) electrons. The van der Waals surface area contributed by atoms with Gasteiger partial charge in [0, 0.05) is 5.56 Å². The molecule has 3 nitrogen and oxygen atoms in total. The number of aliphatic hydroxyl groups is 1. The first-order chi connectivity index (χ1) is 7.95. The Morgan fingerprint density at radius 1 is 1.35 bits per heavy atom. The molecule has 0 aromatic heterocycles. The third-order valence-electron chi connectivity index (χ3n) is 2.50. The largest absolute Gasteiger partial charge is 0.394 e. The smallest absolute Gasteiger partial charge is 0.251 e. The molecular weight excluding hydrogens is 261 g/mol. The molecule has 5 heteroatoms. The van der Waals surface area contributed by atoms with Gasteiger partial charge in [-0.25, -0.2) is 0 Å². The van der Waals surface area contributed by atoms with E-state index in [1.165, 1.54) is 6.07 Å². The topological polar surface area (TPSA) is 49.3 Å². The maximum absolute atomic E-state index is 11.9. The summed E-state index contributed by atoms with van der Waals surface area (Å²) in [6.45, 7) is 3.76. The highest BCUT2D eigenvalue weighted by molar-refractivity contribution is 6.42. The first-order valence-electron chi connectivity index (χ1n) is 5.32. The maximum Gasteiger partial charge on any atom is 0.251 e. The van der Waals surface area contributed by atoms with Gasteiger partial charge in [0.25, 0.3) is 5.91 Å². The summed E-state index contributed by atoms with van der Waals surface area (Å²) in [6.07, 6.45) is 0. The molecule has 1 amide bonds. The van der Waals surface area contributed by atoms with E-state index < -0.39 is 0 Å². The summed E-state index contributed by atoms with van der Waals surface area (Å²) in [5, 5.41) is 12.6. The fourth-order valence-electron chi connectivity index (χ4n) is 1.31. The van der Waals surface area contributed by atoms with Crippen LogP contribution in [-0.2, 0) is 0 Å². The molecule has 0 aliphatic rings. The Balaban J connectivity index is 2.79. The normalized spacial score (nSPS) is 12.6. The Labute approximate surface area is 111 Å². The maximum atomic E-state index is 11.9. The highest BCUT2D eigenvalue weighted by Gasteiger charge is 2.16. The second-order valence-corrected chi connectivity index (χ2v) is 4.95. The van der Waals surface area contributed by atoms with Crippen LogP contribution in [-0.4, -0.2) is 23.7 Å². The van der Waals surface area contributed by atoms with Gasteiger partial charge in [-0.15, -0.1) is 0 Å². The van der Waals surface area contributed by atoms with Crippen molar-refractivity contribution in [1.82, 2.24) is 5.32 Å². The Hall–Kier alpha value is -0.770. The summed E-state index contributed by atoms with van der Waals surface area (Å²) in [6, 6.07) is 4.41. The van der Waals surface area contributed by atoms with Gasteiger partial charge in [0.05, 0.1) is 22.7 Å². The predicted octanol–water partition coefficient (Wildman–Crippen LogP) is 2.74. The van der Waals surface area contributed by atoms with Crippen LogP contribution < -0.4 is 5.32 Å². The zero-order chi connectivity index (χ0) is 13.0. The van der Waals surface area contributed by atoms with E-state index in [-0.39, 0.29) is 24.5 Å². The van der Waals surface area contributed by atoms with Crippen LogP contribution in [0.2, 0.25) is 10.0 Å². The zero-order valence-corrected chi connectivity index (χ0v) is 11.2. The van der Waals surface area contributed by atoms with Gasteiger partial charge in [-0.3, -0.25) is 4.79 Å². The summed E-state index contributed by atoms with van der Waals surface area (Å²) in [4.78, 5) is 11.9. The molecule has 0 saturated carbocycles. The van der Waals surface area contributed by atoms with Crippen molar-refractivity contribution in [2.24, 2.45) is 5.92 Å². The summed E-state index contributed by atoms with van der Waals surface area (Å²) in [5.41, 5.74) is 0.429. The second-order valence-electron chi connectivity index (χ2n) is 4.14. The number of nitrogens with one attached hydrogen (secondary N) is 1. The monoisotopic (exact) mass is 275 g/mol. The summed E-state index contributed by atoms with van der Waals surface area (Å²) in [7, 11) is 0. The van der Waals surface area contributed by atoms with E-state index in [0.717, 1.165) is 0 Å². The number of benzene rings is 1. The Morgan fingerprint density at radius 3 is 2.47 bits per heavy atom. The Kier molecular flexibility index (Phi) is 5.25. The van der Waals surface area contributed by atoms with Crippen LogP contribution in [0.25, 0.3) is 0 Å². The van der Waals surface area contributed by atoms with Crippen LogP contribution in [0.1, 0.15) is 24.2 Å². The van der Waals surface area contributed by atoms with Crippen LogP contribution in [0.4, 0.5) is 0 Å². The molecule has 0 aliphatic heterocycles. The minimum atomic E-state index is -0.267. The molecule has 0 bridgehead atoms. The van der Waals surface area contributed by atoms with Crippen molar-refractivity contribution in [3.05, 3.63) is 33.8 Å². The minimum Gasteiger partial charge on any atom is -0.394 e. The summed E-state index contributed by atoms with van der Waals surface area (Å²) >= 11 is 11.6. The van der Waals surface area contributed by atoms with Crippen LogP contribution in [0.5, 0.6) is 0 Å². The van der Waals surface area contributed by atoms with Crippen molar-refractivity contribution in [3.63, 3.8) is 0 Å². The standard InChI is InChI=1S/C12H15Cl2NO2/c1-7(2)11(6-16)15-12(17)8-3-4-9(13)10(14)5-8/h3-5,7,11,16H,6H2,1-2H3,(H,15,17). The predicted molar refractivity (Wildman–Crippen MR) is 69.6 cm³/mol. The molecule has 17 heavy (non-hydrogen) atoms. The van der Waals surface area contributed by atoms with Gasteiger partial charge < -0.3 is 10.4 Å². The highest BCUT2D eigenvalue weighted by atomic mass is 35.5. The van der Waals surface area contributed by atoms with Gasteiger partial charge in [0.2, 0.25) is 0 Å². The van der Waals surface area contributed by atoms with Gasteiger partial charge in [-0.2, -0.15) is 0 Å². The van der Waals surface area contributed by atoms with Crippen molar-refractivity contribution in [1.29, 1.82) is 0 Å². The molecule has 94 valence electrons. The molecular formula is C12H15Cl2NO2. The van der Waals surface area contributed by atoms with Crippen molar-refractivity contribution in [2.75, 3.05) is 6.61 Å². The molecule has 1 atom stereocenters. The molecule has 1 aromatic carbocycles. The van der Waals surface area contributed by atoms with Crippen LogP contribution in [0, 0.1) is 5.92 Å². The highest BCUT2D eigenvalue weighted by Crippen LogP contribution is 2.22. The van der Waals surface area contributed by atoms with Crippen molar-refractivity contribution in [2.45, 2.75) is 19.9 Å². The SMILES string of the molecule is CC(C)C(CO)NC(=O)c1ccc(Cl)c(Cl)c1. The third-order valence-corrected chi connectivity index (χ3v) is 3.24. The number of halogens is 2. The molecule has 0 aliphatic carbocycles. The lowest BCUT2D eigenvalue weighted by molar-refractivity contribution is 0.0897. The lowest BCUT2D eigenvalue weighted by Crippen LogP contribution is -2.41. The first kappa shape index (κ1) is 14.3. The number of hydrogen-bond donors (Lipinski definition) is 2. The van der Waals surface area contributed by atoms with Crippen molar-refractivity contribution >= 4 is 29.1 Å². The van der Waals surface area contributed by atoms with E-state index in [0.29, 0.717) is 15.6 Å². The number of carbonyl (C=O) groups is 1. The molecule has 1 unspecified atom stereocenters. The van der Waals surface area contributed by atoms with E-state index >= 15 is 0 Å². The summed E-state index contributed by atoms with van der Waals surface area (Å²) < 4.78 is 0. The lowest BCUT2D eigenvalue weighted by Gasteiger charge is -2.19. The van der Waals surface area contributed by atoms with Crippen LogP contribution in [0.3, 0.4) is 0 Å².